The molecule has 1 aliphatic rings. The molecule has 298 valence electrons. The number of benzene rings is 5. The number of carbonyl (C=O) groups is 2. The number of carbonyl (C=O) groups excluding carboxylic acids is 2. The average molecular weight is 816 g/mol. The number of hydrogen-bond acceptors (Lipinski definition) is 8. The Balaban J connectivity index is 1.21. The van der Waals surface area contributed by atoms with Crippen LogP contribution in [0.1, 0.15) is 49.8 Å². The largest absolute Gasteiger partial charge is 0.374 e. The summed E-state index contributed by atoms with van der Waals surface area (Å²) in [6.45, 7) is 1.41. The van der Waals surface area contributed by atoms with Gasteiger partial charge in [0.05, 0.1) is 46.0 Å². The predicted octanol–water partition coefficient (Wildman–Crippen LogP) is 9.36. The number of ketones is 1. The van der Waals surface area contributed by atoms with Crippen molar-refractivity contribution in [3.05, 3.63) is 200 Å². The molecule has 0 spiro atoms. The van der Waals surface area contributed by atoms with E-state index in [0.29, 0.717) is 36.0 Å². The van der Waals surface area contributed by atoms with Gasteiger partial charge >= 0.3 is 0 Å². The molecule has 10 heteroatoms. The Labute approximate surface area is 348 Å². The van der Waals surface area contributed by atoms with Gasteiger partial charge in [0.2, 0.25) is 5.91 Å². The summed E-state index contributed by atoms with van der Waals surface area (Å²) in [7, 11) is 0. The normalized spacial score (nSPS) is 19.1. The van der Waals surface area contributed by atoms with Crippen LogP contribution in [0.4, 0.5) is 0 Å². The van der Waals surface area contributed by atoms with Gasteiger partial charge in [-0.15, -0.1) is 0 Å². The summed E-state index contributed by atoms with van der Waals surface area (Å²) < 4.78 is 34.0. The number of hydrogen-bond donors (Lipinski definition) is 1. The Morgan fingerprint density at radius 3 is 1.72 bits per heavy atom. The molecular weight excluding hydrogens is 770 g/mol. The molecule has 8 nitrogen and oxygen atoms in total. The Bertz CT molecular complexity index is 2160. The standard InChI is InChI=1S/C48H46ClNO7S/c49-41-22-21-38(25-40(41)26-44(52)50-27-42(51)39-23-24-58-33-39)45-47(55-30-36-17-9-3-10-18-36)48(56-31-37-19-11-4-12-20-37)46(54-29-35-15-7-2-8-16-35)43(57-45)32-53-28-34-13-5-1-6-14-34/h1-25,33,43,45-48H,26-32H2,(H,50,52)/t43-,45-,46-,47?,48+/m1/s1. The van der Waals surface area contributed by atoms with Crippen LogP contribution in [0.3, 0.4) is 0 Å². The minimum atomic E-state index is -0.675. The summed E-state index contributed by atoms with van der Waals surface area (Å²) in [6.07, 6.45) is -3.18. The minimum Gasteiger partial charge on any atom is -0.374 e. The van der Waals surface area contributed by atoms with Crippen molar-refractivity contribution in [2.45, 2.75) is 63.4 Å². The van der Waals surface area contributed by atoms with Crippen molar-refractivity contribution in [1.82, 2.24) is 5.32 Å². The van der Waals surface area contributed by atoms with Crippen molar-refractivity contribution in [3.8, 4) is 0 Å². The lowest BCUT2D eigenvalue weighted by molar-refractivity contribution is -0.275. The quantitative estimate of drug-likeness (QED) is 0.0816. The minimum absolute atomic E-state index is 0.0355. The van der Waals surface area contributed by atoms with E-state index in [2.05, 4.69) is 5.32 Å². The molecule has 1 saturated heterocycles. The molecule has 0 aliphatic carbocycles. The second kappa shape index (κ2) is 21.2. The fourth-order valence-corrected chi connectivity index (χ4v) is 7.75. The second-order valence-corrected chi connectivity index (χ2v) is 15.3. The SMILES string of the molecule is O=C(Cc1cc([C@H]2O[C@H](COCc3ccccc3)[C@@H](OCc3ccccc3)[C@H](OCc3ccccc3)C2OCc2ccccc2)ccc1Cl)NCC(=O)c1ccsc1. The summed E-state index contributed by atoms with van der Waals surface area (Å²) >= 11 is 8.18. The Kier molecular flexibility index (Phi) is 15.0. The average Bonchev–Trinajstić information content (AvgIpc) is 3.82. The van der Waals surface area contributed by atoms with Gasteiger partial charge in [-0.05, 0) is 50.9 Å². The zero-order valence-electron chi connectivity index (χ0n) is 32.0. The molecule has 1 aromatic heterocycles. The van der Waals surface area contributed by atoms with E-state index in [4.69, 9.17) is 35.3 Å². The van der Waals surface area contributed by atoms with E-state index in [1.165, 1.54) is 11.3 Å². The molecule has 1 amide bonds. The van der Waals surface area contributed by atoms with Gasteiger partial charge in [-0.3, -0.25) is 9.59 Å². The lowest BCUT2D eigenvalue weighted by Crippen LogP contribution is -2.58. The molecule has 2 heterocycles. The zero-order chi connectivity index (χ0) is 39.9. The van der Waals surface area contributed by atoms with Gasteiger partial charge in [0.15, 0.2) is 5.78 Å². The van der Waals surface area contributed by atoms with Crippen LogP contribution in [-0.4, -0.2) is 49.3 Å². The zero-order valence-corrected chi connectivity index (χ0v) is 33.6. The van der Waals surface area contributed by atoms with E-state index >= 15 is 0 Å². The molecule has 1 N–H and O–H groups in total. The Morgan fingerprint density at radius 1 is 0.638 bits per heavy atom. The van der Waals surface area contributed by atoms with Gasteiger partial charge in [-0.25, -0.2) is 0 Å². The number of rotatable bonds is 19. The van der Waals surface area contributed by atoms with Crippen molar-refractivity contribution in [2.24, 2.45) is 0 Å². The van der Waals surface area contributed by atoms with Gasteiger partial charge in [-0.1, -0.05) is 145 Å². The topological polar surface area (TPSA) is 92.3 Å². The summed E-state index contributed by atoms with van der Waals surface area (Å²) in [4.78, 5) is 25.8. The van der Waals surface area contributed by atoms with Crippen LogP contribution < -0.4 is 5.32 Å². The number of thiophene rings is 1. The summed E-state index contributed by atoms with van der Waals surface area (Å²) in [5, 5.41) is 6.78. The smallest absolute Gasteiger partial charge is 0.224 e. The van der Waals surface area contributed by atoms with Crippen LogP contribution in [0.2, 0.25) is 5.02 Å². The van der Waals surface area contributed by atoms with Crippen LogP contribution >= 0.6 is 22.9 Å². The fraction of sp³-hybridized carbons (Fsp3) is 0.250. The third-order valence-electron chi connectivity index (χ3n) is 9.92. The van der Waals surface area contributed by atoms with Crippen molar-refractivity contribution in [1.29, 1.82) is 0 Å². The van der Waals surface area contributed by atoms with Crippen molar-refractivity contribution >= 4 is 34.6 Å². The van der Waals surface area contributed by atoms with Gasteiger partial charge < -0.3 is 29.0 Å². The van der Waals surface area contributed by atoms with Crippen molar-refractivity contribution in [3.63, 3.8) is 0 Å². The van der Waals surface area contributed by atoms with Crippen LogP contribution in [0.25, 0.3) is 0 Å². The molecule has 1 unspecified atom stereocenters. The first kappa shape index (κ1) is 41.2. The third-order valence-corrected chi connectivity index (χ3v) is 11.0. The number of halogens is 1. The van der Waals surface area contributed by atoms with Crippen molar-refractivity contribution < 1.29 is 33.3 Å². The molecular formula is C48H46ClNO7S. The molecule has 7 rings (SSSR count). The number of amides is 1. The maximum Gasteiger partial charge on any atom is 0.224 e. The lowest BCUT2D eigenvalue weighted by Gasteiger charge is -2.46. The van der Waals surface area contributed by atoms with Crippen LogP contribution in [-0.2, 0) is 61.3 Å². The highest BCUT2D eigenvalue weighted by molar-refractivity contribution is 7.08. The van der Waals surface area contributed by atoms with Gasteiger partial charge in [0, 0.05) is 16.0 Å². The number of ether oxygens (including phenoxy) is 5. The molecule has 0 bridgehead atoms. The molecule has 1 aliphatic heterocycles. The molecule has 1 fully saturated rings. The maximum absolute atomic E-state index is 13.2. The van der Waals surface area contributed by atoms with E-state index in [0.717, 1.165) is 27.8 Å². The van der Waals surface area contributed by atoms with Crippen molar-refractivity contribution in [2.75, 3.05) is 13.2 Å². The lowest BCUT2D eigenvalue weighted by atomic mass is 9.89. The van der Waals surface area contributed by atoms with Gasteiger partial charge in [0.25, 0.3) is 0 Å². The maximum atomic E-state index is 13.2. The predicted molar refractivity (Wildman–Crippen MR) is 226 cm³/mol. The van der Waals surface area contributed by atoms with Gasteiger partial charge in [-0.2, -0.15) is 11.3 Å². The molecule has 0 saturated carbocycles. The number of nitrogens with one attached hydrogen (secondary N) is 1. The van der Waals surface area contributed by atoms with Crippen LogP contribution in [0, 0.1) is 0 Å². The third kappa shape index (κ3) is 11.6. The molecule has 6 aromatic rings. The first-order chi connectivity index (χ1) is 28.5. The molecule has 0 radical (unpaired) electrons. The Morgan fingerprint density at radius 2 is 1.17 bits per heavy atom. The first-order valence-electron chi connectivity index (χ1n) is 19.3. The summed E-state index contributed by atoms with van der Waals surface area (Å²) in [5.41, 5.74) is 5.95. The monoisotopic (exact) mass is 815 g/mol. The van der Waals surface area contributed by atoms with Gasteiger partial charge in [0.1, 0.15) is 30.5 Å². The summed E-state index contributed by atoms with van der Waals surface area (Å²) in [5.74, 6) is -0.482. The van der Waals surface area contributed by atoms with E-state index in [-0.39, 0.29) is 37.9 Å². The highest BCUT2D eigenvalue weighted by Gasteiger charge is 2.49. The molecule has 58 heavy (non-hydrogen) atoms. The highest BCUT2D eigenvalue weighted by atomic mass is 35.5. The van der Waals surface area contributed by atoms with Crippen LogP contribution in [0.5, 0.6) is 0 Å². The van der Waals surface area contributed by atoms with E-state index in [9.17, 15) is 9.59 Å². The number of Topliss-reactive ketones (excluding diaryl/α,β-unsaturated/α-hetero) is 1. The highest BCUT2D eigenvalue weighted by Crippen LogP contribution is 2.39. The Hall–Kier alpha value is -4.97. The van der Waals surface area contributed by atoms with E-state index in [1.54, 1.807) is 17.5 Å². The molecule has 5 aromatic carbocycles. The van der Waals surface area contributed by atoms with E-state index in [1.807, 2.05) is 139 Å². The van der Waals surface area contributed by atoms with Crippen LogP contribution in [0.15, 0.2) is 156 Å². The fourth-order valence-electron chi connectivity index (χ4n) is 6.90. The summed E-state index contributed by atoms with van der Waals surface area (Å²) in [6, 6.07) is 47.3. The van der Waals surface area contributed by atoms with E-state index < -0.39 is 30.5 Å². The second-order valence-electron chi connectivity index (χ2n) is 14.1. The molecule has 5 atom stereocenters. The first-order valence-corrected chi connectivity index (χ1v) is 20.7.